The van der Waals surface area contributed by atoms with Gasteiger partial charge in [-0.25, -0.2) is 0 Å². The minimum absolute atomic E-state index is 0.0132. The lowest BCUT2D eigenvalue weighted by Crippen LogP contribution is -2.32. The Bertz CT molecular complexity index is 415. The zero-order chi connectivity index (χ0) is 12.3. The molecule has 0 radical (unpaired) electrons. The van der Waals surface area contributed by atoms with Gasteiger partial charge in [-0.3, -0.25) is 0 Å². The molecule has 0 N–H and O–H groups in total. The molecule has 1 unspecified atom stereocenters. The Hall–Kier alpha value is -0.580. The highest BCUT2D eigenvalue weighted by Crippen LogP contribution is 2.23. The van der Waals surface area contributed by atoms with Gasteiger partial charge in [-0.15, -0.1) is 0 Å². The van der Waals surface area contributed by atoms with Crippen LogP contribution in [0.3, 0.4) is 0 Å². The summed E-state index contributed by atoms with van der Waals surface area (Å²) in [4.78, 5) is 0. The van der Waals surface area contributed by atoms with Gasteiger partial charge in [-0.2, -0.15) is 4.58 Å². The highest BCUT2D eigenvalue weighted by atomic mass is 127. The van der Waals surface area contributed by atoms with Gasteiger partial charge in [-0.1, -0.05) is 59.8 Å². The molecule has 1 aliphatic heterocycles. The average Bonchev–Trinajstić information content (AvgIpc) is 2.68. The highest BCUT2D eigenvalue weighted by molar-refractivity contribution is 14.1. The number of hydrogen-bond acceptors (Lipinski definition) is 1. The Labute approximate surface area is 117 Å². The SMILES string of the molecule is CCC1=[N+](Cc2ccccc2)CC(C)(CI)O1. The number of alkyl halides is 1. The van der Waals surface area contributed by atoms with Crippen LogP contribution in [0.15, 0.2) is 30.3 Å². The smallest absolute Gasteiger partial charge is 0.337 e. The van der Waals surface area contributed by atoms with E-state index in [0.717, 1.165) is 29.8 Å². The number of hydrogen-bond donors (Lipinski definition) is 0. The molecule has 0 fully saturated rings. The van der Waals surface area contributed by atoms with Crippen molar-refractivity contribution in [3.8, 4) is 0 Å². The van der Waals surface area contributed by atoms with Crippen LogP contribution in [0.25, 0.3) is 0 Å². The number of benzene rings is 1. The van der Waals surface area contributed by atoms with Crippen molar-refractivity contribution in [3.05, 3.63) is 35.9 Å². The molecular weight excluding hydrogens is 325 g/mol. The topological polar surface area (TPSA) is 12.2 Å². The molecule has 0 amide bonds. The molecule has 3 heteroatoms. The van der Waals surface area contributed by atoms with Gasteiger partial charge in [0, 0.05) is 9.99 Å². The fourth-order valence-electron chi connectivity index (χ4n) is 2.19. The number of ether oxygens (including phenoxy) is 1. The Morgan fingerprint density at radius 1 is 1.35 bits per heavy atom. The minimum Gasteiger partial charge on any atom is -0.434 e. The molecule has 0 aromatic heterocycles. The van der Waals surface area contributed by atoms with Crippen LogP contribution in [0, 0.1) is 0 Å². The Morgan fingerprint density at radius 3 is 2.65 bits per heavy atom. The van der Waals surface area contributed by atoms with Crippen molar-refractivity contribution in [2.24, 2.45) is 0 Å². The molecular formula is C14H19INO+. The molecule has 2 rings (SSSR count). The van der Waals surface area contributed by atoms with Crippen molar-refractivity contribution in [1.29, 1.82) is 0 Å². The van der Waals surface area contributed by atoms with Crippen LogP contribution in [0.1, 0.15) is 25.8 Å². The van der Waals surface area contributed by atoms with E-state index in [4.69, 9.17) is 4.74 Å². The van der Waals surface area contributed by atoms with Gasteiger partial charge in [0.15, 0.2) is 18.7 Å². The fourth-order valence-corrected chi connectivity index (χ4v) is 2.58. The van der Waals surface area contributed by atoms with Crippen molar-refractivity contribution in [2.75, 3.05) is 11.0 Å². The Balaban J connectivity index is 2.14. The summed E-state index contributed by atoms with van der Waals surface area (Å²) in [6, 6.07) is 10.6. The van der Waals surface area contributed by atoms with Gasteiger partial charge in [-0.05, 0) is 6.92 Å². The Kier molecular flexibility index (Phi) is 4.07. The van der Waals surface area contributed by atoms with Crippen LogP contribution >= 0.6 is 22.6 Å². The molecule has 1 heterocycles. The molecule has 0 saturated heterocycles. The second-order valence-corrected chi connectivity index (χ2v) is 5.54. The van der Waals surface area contributed by atoms with E-state index in [2.05, 4.69) is 71.3 Å². The summed E-state index contributed by atoms with van der Waals surface area (Å²) < 4.78 is 9.46. The van der Waals surface area contributed by atoms with Crippen LogP contribution in [0.4, 0.5) is 0 Å². The van der Waals surface area contributed by atoms with Crippen molar-refractivity contribution in [3.63, 3.8) is 0 Å². The van der Waals surface area contributed by atoms with Crippen molar-refractivity contribution in [1.82, 2.24) is 0 Å². The number of nitrogens with zero attached hydrogens (tertiary/aromatic N) is 1. The van der Waals surface area contributed by atoms with Crippen molar-refractivity contribution >= 4 is 28.5 Å². The maximum Gasteiger partial charge on any atom is 0.337 e. The third kappa shape index (κ3) is 3.00. The first-order valence-corrected chi connectivity index (χ1v) is 7.59. The molecule has 0 saturated carbocycles. The van der Waals surface area contributed by atoms with Crippen LogP contribution in [-0.4, -0.2) is 27.0 Å². The first-order chi connectivity index (χ1) is 8.17. The van der Waals surface area contributed by atoms with Crippen LogP contribution < -0.4 is 0 Å². The van der Waals surface area contributed by atoms with E-state index in [1.165, 1.54) is 5.56 Å². The summed E-state index contributed by atoms with van der Waals surface area (Å²) >= 11 is 2.41. The van der Waals surface area contributed by atoms with E-state index in [1.807, 2.05) is 0 Å². The molecule has 0 aliphatic carbocycles. The van der Waals surface area contributed by atoms with Gasteiger partial charge in [0.05, 0.1) is 6.42 Å². The van der Waals surface area contributed by atoms with Crippen molar-refractivity contribution in [2.45, 2.75) is 32.4 Å². The summed E-state index contributed by atoms with van der Waals surface area (Å²) in [6.45, 7) is 6.30. The largest absolute Gasteiger partial charge is 0.434 e. The first kappa shape index (κ1) is 12.9. The second kappa shape index (κ2) is 5.38. The molecule has 2 nitrogen and oxygen atoms in total. The third-order valence-corrected chi connectivity index (χ3v) is 4.66. The summed E-state index contributed by atoms with van der Waals surface area (Å²) in [7, 11) is 0. The maximum atomic E-state index is 6.07. The maximum absolute atomic E-state index is 6.07. The summed E-state index contributed by atoms with van der Waals surface area (Å²) in [5, 5.41) is 0. The van der Waals surface area contributed by atoms with Gasteiger partial charge < -0.3 is 4.74 Å². The van der Waals surface area contributed by atoms with E-state index < -0.39 is 0 Å². The van der Waals surface area contributed by atoms with Crippen LogP contribution in [0.2, 0.25) is 0 Å². The monoisotopic (exact) mass is 344 g/mol. The molecule has 0 spiro atoms. The van der Waals surface area contributed by atoms with E-state index in [-0.39, 0.29) is 5.60 Å². The number of halogens is 1. The molecule has 92 valence electrons. The van der Waals surface area contributed by atoms with E-state index in [9.17, 15) is 0 Å². The normalized spacial score (nSPS) is 23.9. The van der Waals surface area contributed by atoms with E-state index in [0.29, 0.717) is 0 Å². The predicted octanol–water partition coefficient (Wildman–Crippen LogP) is 3.23. The van der Waals surface area contributed by atoms with Gasteiger partial charge in [0.25, 0.3) is 0 Å². The van der Waals surface area contributed by atoms with Gasteiger partial charge >= 0.3 is 5.90 Å². The average molecular weight is 344 g/mol. The molecule has 17 heavy (non-hydrogen) atoms. The van der Waals surface area contributed by atoms with E-state index >= 15 is 0 Å². The minimum atomic E-state index is -0.0132. The lowest BCUT2D eigenvalue weighted by molar-refractivity contribution is -0.541. The molecule has 1 aliphatic rings. The summed E-state index contributed by atoms with van der Waals surface area (Å²) in [6.07, 6.45) is 0.971. The molecule has 1 atom stereocenters. The fraction of sp³-hybridized carbons (Fsp3) is 0.500. The quantitative estimate of drug-likeness (QED) is 0.464. The standard InChI is InChI=1S/C14H19INO/c1-3-13-16(11-14(2,10-15)17-13)9-12-7-5-4-6-8-12/h4-8H,3,9-11H2,1-2H3/q+1. The highest BCUT2D eigenvalue weighted by Gasteiger charge is 2.41. The predicted molar refractivity (Wildman–Crippen MR) is 78.9 cm³/mol. The summed E-state index contributed by atoms with van der Waals surface area (Å²) in [5.74, 6) is 1.13. The summed E-state index contributed by atoms with van der Waals surface area (Å²) in [5.41, 5.74) is 1.33. The Morgan fingerprint density at radius 2 is 2.06 bits per heavy atom. The zero-order valence-electron chi connectivity index (χ0n) is 10.4. The third-order valence-electron chi connectivity index (χ3n) is 3.04. The molecule has 1 aromatic carbocycles. The lowest BCUT2D eigenvalue weighted by atomic mass is 10.1. The zero-order valence-corrected chi connectivity index (χ0v) is 12.6. The van der Waals surface area contributed by atoms with Gasteiger partial charge in [0.2, 0.25) is 0 Å². The number of rotatable bonds is 4. The van der Waals surface area contributed by atoms with E-state index in [1.54, 1.807) is 0 Å². The second-order valence-electron chi connectivity index (χ2n) is 4.77. The van der Waals surface area contributed by atoms with Gasteiger partial charge in [0.1, 0.15) is 0 Å². The molecule has 0 bridgehead atoms. The lowest BCUT2D eigenvalue weighted by Gasteiger charge is -2.16. The molecule has 1 aromatic rings. The van der Waals surface area contributed by atoms with Crippen molar-refractivity contribution < 1.29 is 9.31 Å². The van der Waals surface area contributed by atoms with Crippen LogP contribution in [0.5, 0.6) is 0 Å². The van der Waals surface area contributed by atoms with Crippen LogP contribution in [-0.2, 0) is 11.3 Å². The first-order valence-electron chi connectivity index (χ1n) is 6.06.